The van der Waals surface area contributed by atoms with Gasteiger partial charge in [0.2, 0.25) is 11.8 Å². The number of methoxy groups -OCH3 is 2. The zero-order chi connectivity index (χ0) is 24.1. The molecule has 0 aliphatic carbocycles. The van der Waals surface area contributed by atoms with E-state index in [1.165, 1.54) is 0 Å². The summed E-state index contributed by atoms with van der Waals surface area (Å²) in [6.45, 7) is 1.97. The molecule has 1 heterocycles. The van der Waals surface area contributed by atoms with Crippen LogP contribution in [0.2, 0.25) is 0 Å². The van der Waals surface area contributed by atoms with Gasteiger partial charge < -0.3 is 19.7 Å². The van der Waals surface area contributed by atoms with Gasteiger partial charge in [-0.2, -0.15) is 0 Å². The van der Waals surface area contributed by atoms with Gasteiger partial charge in [0, 0.05) is 17.7 Å². The highest BCUT2D eigenvalue weighted by atomic mass is 16.5. The van der Waals surface area contributed by atoms with Crippen LogP contribution in [0.1, 0.15) is 43.0 Å². The van der Waals surface area contributed by atoms with Gasteiger partial charge >= 0.3 is 0 Å². The maximum Gasteiger partial charge on any atom is 0.227 e. The lowest BCUT2D eigenvalue weighted by molar-refractivity contribution is -0.129. The van der Waals surface area contributed by atoms with E-state index in [0.717, 1.165) is 16.8 Å². The lowest BCUT2D eigenvalue weighted by atomic mass is 9.82. The third kappa shape index (κ3) is 4.76. The zero-order valence-corrected chi connectivity index (χ0v) is 19.7. The van der Waals surface area contributed by atoms with E-state index in [2.05, 4.69) is 5.32 Å². The number of para-hydroxylation sites is 1. The summed E-state index contributed by atoms with van der Waals surface area (Å²) in [6, 6.07) is 24.1. The third-order valence-electron chi connectivity index (χ3n) is 6.40. The molecule has 0 unspecified atom stereocenters. The second kappa shape index (κ2) is 10.4. The largest absolute Gasteiger partial charge is 0.497 e. The summed E-state index contributed by atoms with van der Waals surface area (Å²) in [4.78, 5) is 28.6. The minimum absolute atomic E-state index is 0.0266. The molecule has 0 bridgehead atoms. The van der Waals surface area contributed by atoms with E-state index in [4.69, 9.17) is 9.47 Å². The van der Waals surface area contributed by atoms with Gasteiger partial charge in [0.15, 0.2) is 0 Å². The summed E-state index contributed by atoms with van der Waals surface area (Å²) in [6.07, 6.45) is 0.747. The molecule has 3 atom stereocenters. The van der Waals surface area contributed by atoms with Crippen molar-refractivity contribution in [1.82, 2.24) is 5.32 Å². The van der Waals surface area contributed by atoms with Gasteiger partial charge in [0.05, 0.1) is 32.2 Å². The number of piperidine rings is 1. The molecule has 4 rings (SSSR count). The number of carbonyl (C=O) groups excluding carboxylic acids is 2. The molecule has 6 heteroatoms. The van der Waals surface area contributed by atoms with Gasteiger partial charge in [-0.05, 0) is 49.2 Å². The normalized spacial score (nSPS) is 18.8. The van der Waals surface area contributed by atoms with E-state index in [9.17, 15) is 9.59 Å². The maximum atomic E-state index is 13.6. The maximum absolute atomic E-state index is 13.6. The molecule has 1 fully saturated rings. The Labute approximate surface area is 200 Å². The summed E-state index contributed by atoms with van der Waals surface area (Å²) in [7, 11) is 3.21. The second-order valence-electron chi connectivity index (χ2n) is 8.43. The highest BCUT2D eigenvalue weighted by molar-refractivity contribution is 5.97. The smallest absolute Gasteiger partial charge is 0.227 e. The van der Waals surface area contributed by atoms with E-state index in [1.807, 2.05) is 85.8 Å². The summed E-state index contributed by atoms with van der Waals surface area (Å²) in [5.74, 6) is 0.796. The van der Waals surface area contributed by atoms with Crippen LogP contribution in [0.3, 0.4) is 0 Å². The number of hydrogen-bond donors (Lipinski definition) is 1. The van der Waals surface area contributed by atoms with Crippen molar-refractivity contribution >= 4 is 17.5 Å². The Hall–Kier alpha value is -3.80. The number of nitrogens with one attached hydrogen (secondary N) is 1. The van der Waals surface area contributed by atoms with E-state index in [-0.39, 0.29) is 24.3 Å². The first kappa shape index (κ1) is 23.4. The van der Waals surface area contributed by atoms with Gasteiger partial charge in [-0.1, -0.05) is 48.5 Å². The molecule has 176 valence electrons. The fourth-order valence-corrected chi connectivity index (χ4v) is 4.63. The van der Waals surface area contributed by atoms with Crippen molar-refractivity contribution in [2.24, 2.45) is 5.92 Å². The molecule has 34 heavy (non-hydrogen) atoms. The first-order chi connectivity index (χ1) is 16.5. The molecular formula is C28H30N2O4. The standard InChI is InChI=1S/C28H30N2O4/c1-19(20-9-5-4-6-10-20)29-28(32)24-17-18-26(31)30(21-13-15-22(33-2)16-14-21)27(24)23-11-7-8-12-25(23)34-3/h4-16,19,24,27H,17-18H2,1-3H3,(H,29,32)/t19-,24+,27-/m1/s1. The number of benzene rings is 3. The monoisotopic (exact) mass is 458 g/mol. The van der Waals surface area contributed by atoms with Crippen molar-refractivity contribution in [3.63, 3.8) is 0 Å². The van der Waals surface area contributed by atoms with Crippen LogP contribution in [0.4, 0.5) is 5.69 Å². The molecule has 0 aromatic heterocycles. The van der Waals surface area contributed by atoms with Crippen LogP contribution >= 0.6 is 0 Å². The van der Waals surface area contributed by atoms with Crippen molar-refractivity contribution in [1.29, 1.82) is 0 Å². The molecule has 6 nitrogen and oxygen atoms in total. The molecular weight excluding hydrogens is 428 g/mol. The van der Waals surface area contributed by atoms with Crippen LogP contribution in [0.5, 0.6) is 11.5 Å². The number of ether oxygens (including phenoxy) is 2. The van der Waals surface area contributed by atoms with Gasteiger partial charge in [0.25, 0.3) is 0 Å². The topological polar surface area (TPSA) is 67.9 Å². The van der Waals surface area contributed by atoms with Crippen LogP contribution in [-0.4, -0.2) is 26.0 Å². The Morgan fingerprint density at radius 1 is 0.941 bits per heavy atom. The Morgan fingerprint density at radius 2 is 1.62 bits per heavy atom. The van der Waals surface area contributed by atoms with Crippen molar-refractivity contribution in [2.45, 2.75) is 31.8 Å². The van der Waals surface area contributed by atoms with E-state index < -0.39 is 12.0 Å². The molecule has 1 N–H and O–H groups in total. The van der Waals surface area contributed by atoms with Crippen molar-refractivity contribution in [3.8, 4) is 11.5 Å². The SMILES string of the molecule is COc1ccc(N2C(=O)CC[C@H](C(=O)N[C@H](C)c3ccccc3)[C@H]2c2ccccc2OC)cc1. The minimum Gasteiger partial charge on any atom is -0.497 e. The summed E-state index contributed by atoms with van der Waals surface area (Å²) < 4.78 is 10.9. The Balaban J connectivity index is 1.73. The number of nitrogens with zero attached hydrogens (tertiary/aromatic N) is 1. The van der Waals surface area contributed by atoms with Crippen molar-refractivity contribution < 1.29 is 19.1 Å². The molecule has 0 spiro atoms. The fourth-order valence-electron chi connectivity index (χ4n) is 4.63. The van der Waals surface area contributed by atoms with Crippen LogP contribution in [0, 0.1) is 5.92 Å². The van der Waals surface area contributed by atoms with E-state index >= 15 is 0 Å². The number of rotatable bonds is 7. The average molecular weight is 459 g/mol. The molecule has 3 aromatic carbocycles. The predicted molar refractivity (Wildman–Crippen MR) is 132 cm³/mol. The molecule has 0 saturated carbocycles. The zero-order valence-electron chi connectivity index (χ0n) is 19.7. The lowest BCUT2D eigenvalue weighted by Crippen LogP contribution is -2.48. The lowest BCUT2D eigenvalue weighted by Gasteiger charge is -2.41. The second-order valence-corrected chi connectivity index (χ2v) is 8.43. The number of anilines is 1. The fraction of sp³-hybridized carbons (Fsp3) is 0.286. The molecule has 1 aliphatic rings. The van der Waals surface area contributed by atoms with Crippen molar-refractivity contribution in [2.75, 3.05) is 19.1 Å². The Bertz CT molecular complexity index is 1130. The Kier molecular flexibility index (Phi) is 7.16. The highest BCUT2D eigenvalue weighted by Crippen LogP contribution is 2.43. The van der Waals surface area contributed by atoms with Gasteiger partial charge in [-0.15, -0.1) is 0 Å². The Morgan fingerprint density at radius 3 is 2.29 bits per heavy atom. The molecule has 3 aromatic rings. The first-order valence-corrected chi connectivity index (χ1v) is 11.5. The predicted octanol–water partition coefficient (Wildman–Crippen LogP) is 5.07. The molecule has 0 radical (unpaired) electrons. The molecule has 2 amide bonds. The summed E-state index contributed by atoms with van der Waals surface area (Å²) >= 11 is 0. The number of amides is 2. The van der Waals surface area contributed by atoms with E-state index in [1.54, 1.807) is 19.1 Å². The average Bonchev–Trinajstić information content (AvgIpc) is 2.89. The van der Waals surface area contributed by atoms with Crippen LogP contribution in [0.25, 0.3) is 0 Å². The highest BCUT2D eigenvalue weighted by Gasteiger charge is 2.42. The van der Waals surface area contributed by atoms with Gasteiger partial charge in [0.1, 0.15) is 11.5 Å². The van der Waals surface area contributed by atoms with Crippen LogP contribution in [-0.2, 0) is 9.59 Å². The number of hydrogen-bond acceptors (Lipinski definition) is 4. The van der Waals surface area contributed by atoms with Gasteiger partial charge in [-0.25, -0.2) is 0 Å². The third-order valence-corrected chi connectivity index (χ3v) is 6.40. The van der Waals surface area contributed by atoms with Crippen LogP contribution in [0.15, 0.2) is 78.9 Å². The molecule has 1 aliphatic heterocycles. The quantitative estimate of drug-likeness (QED) is 0.537. The van der Waals surface area contributed by atoms with Crippen LogP contribution < -0.4 is 19.7 Å². The van der Waals surface area contributed by atoms with Crippen molar-refractivity contribution in [3.05, 3.63) is 90.0 Å². The first-order valence-electron chi connectivity index (χ1n) is 11.5. The van der Waals surface area contributed by atoms with E-state index in [0.29, 0.717) is 17.9 Å². The summed E-state index contributed by atoms with van der Waals surface area (Å²) in [5, 5.41) is 3.17. The minimum atomic E-state index is -0.506. The molecule has 1 saturated heterocycles. The summed E-state index contributed by atoms with van der Waals surface area (Å²) in [5.41, 5.74) is 2.56. The number of carbonyl (C=O) groups is 2. The van der Waals surface area contributed by atoms with Gasteiger partial charge in [-0.3, -0.25) is 9.59 Å².